The van der Waals surface area contributed by atoms with Crippen molar-refractivity contribution in [2.75, 3.05) is 183 Å². The normalized spacial score (nSPS) is 12.5. The van der Waals surface area contributed by atoms with E-state index in [4.69, 9.17) is 67.1 Å². The van der Waals surface area contributed by atoms with Gasteiger partial charge in [-0.05, 0) is 30.5 Å². The molecule has 0 aliphatic carbocycles. The van der Waals surface area contributed by atoms with Crippen LogP contribution in [-0.4, -0.2) is 242 Å². The molecule has 1 aromatic carbocycles. The number of aryl methyl sites for hydroxylation is 1. The second-order valence-electron chi connectivity index (χ2n) is 15.8. The lowest BCUT2D eigenvalue weighted by Gasteiger charge is -2.17. The lowest BCUT2D eigenvalue weighted by Crippen LogP contribution is -2.42. The summed E-state index contributed by atoms with van der Waals surface area (Å²) in [6.45, 7) is 10.2. The first-order valence-electron chi connectivity index (χ1n) is 25.1. The summed E-state index contributed by atoms with van der Waals surface area (Å²) in [6, 6.07) is 3.40. The Labute approximate surface area is 442 Å². The first kappa shape index (κ1) is 66.6. The largest absolute Gasteiger partial charge is 0.481 e. The number of benzene rings is 1. The fraction of sp³-hybridized carbons (Fsp3) is 0.673. The maximum absolute atomic E-state index is 12.9. The Bertz CT molecular complexity index is 1860. The average Bonchev–Trinajstić information content (AvgIpc) is 3.75. The van der Waals surface area contributed by atoms with Crippen molar-refractivity contribution in [3.05, 3.63) is 41.5 Å². The van der Waals surface area contributed by atoms with Gasteiger partial charge >= 0.3 is 11.9 Å². The predicted octanol–water partition coefficient (Wildman–Crippen LogP) is -1.34. The Morgan fingerprint density at radius 3 is 1.26 bits per heavy atom. The molecule has 27 nitrogen and oxygen atoms in total. The summed E-state index contributed by atoms with van der Waals surface area (Å²) in [5.74, 6) is -5.58. The molecule has 430 valence electrons. The number of amides is 6. The Balaban J connectivity index is 1.22. The van der Waals surface area contributed by atoms with Crippen LogP contribution in [0.15, 0.2) is 30.4 Å². The quantitative estimate of drug-likeness (QED) is 0.0325. The van der Waals surface area contributed by atoms with Gasteiger partial charge in [-0.15, -0.1) is 0 Å². The number of ether oxygens (including phenoxy) is 12. The summed E-state index contributed by atoms with van der Waals surface area (Å²) < 4.78 is 65.3. The smallest absolute Gasteiger partial charge is 0.326 e. The molecule has 0 radical (unpaired) electrons. The second kappa shape index (κ2) is 44.6. The fourth-order valence-electron chi connectivity index (χ4n) is 6.18. The van der Waals surface area contributed by atoms with Crippen LogP contribution in [0.25, 0.3) is 0 Å². The monoisotopic (exact) mass is 1090 g/mol. The topological polar surface area (TPSA) is 339 Å². The number of rotatable bonds is 51. The van der Waals surface area contributed by atoms with Gasteiger partial charge in [-0.25, -0.2) is 9.69 Å². The van der Waals surface area contributed by atoms with Gasteiger partial charge in [0.25, 0.3) is 17.7 Å². The van der Waals surface area contributed by atoms with E-state index in [2.05, 4.69) is 21.3 Å². The minimum Gasteiger partial charge on any atom is -0.481 e. The minimum atomic E-state index is -1.29. The molecule has 1 aliphatic rings. The van der Waals surface area contributed by atoms with Crippen molar-refractivity contribution < 1.29 is 105 Å². The molecule has 0 unspecified atom stereocenters. The third-order valence-electron chi connectivity index (χ3n) is 10.1. The SMILES string of the molecule is CCc1ccc(N2C(=O)C=CC2=O)cc1C(=O)NCC(=O)NCC(=O)NCCOCCOCCOCCOCCOCCOCCOCCOCCOCCOCCOCCOCCC(=O)N[C@@H](CCC(=O)O)C(=O)O. The van der Waals surface area contributed by atoms with Gasteiger partial charge in [0, 0.05) is 37.1 Å². The van der Waals surface area contributed by atoms with Crippen LogP contribution in [0.2, 0.25) is 0 Å². The summed E-state index contributed by atoms with van der Waals surface area (Å²) in [7, 11) is 0. The molecule has 76 heavy (non-hydrogen) atoms. The fourth-order valence-corrected chi connectivity index (χ4v) is 6.18. The van der Waals surface area contributed by atoms with Crippen molar-refractivity contribution in [1.29, 1.82) is 0 Å². The van der Waals surface area contributed by atoms with Gasteiger partial charge in [0.1, 0.15) is 6.04 Å². The maximum atomic E-state index is 12.9. The second-order valence-corrected chi connectivity index (χ2v) is 15.8. The predicted molar refractivity (Wildman–Crippen MR) is 267 cm³/mol. The molecule has 0 saturated heterocycles. The highest BCUT2D eigenvalue weighted by Gasteiger charge is 2.27. The van der Waals surface area contributed by atoms with E-state index < -0.39 is 53.4 Å². The number of nitrogens with one attached hydrogen (secondary N) is 4. The molecule has 1 atom stereocenters. The van der Waals surface area contributed by atoms with Crippen LogP contribution in [0.3, 0.4) is 0 Å². The van der Waals surface area contributed by atoms with Crippen molar-refractivity contribution in [3.63, 3.8) is 0 Å². The van der Waals surface area contributed by atoms with Crippen LogP contribution >= 0.6 is 0 Å². The molecule has 0 spiro atoms. The van der Waals surface area contributed by atoms with Gasteiger partial charge in [-0.1, -0.05) is 13.0 Å². The van der Waals surface area contributed by atoms with Gasteiger partial charge in [-0.3, -0.25) is 33.6 Å². The summed E-state index contributed by atoms with van der Waals surface area (Å²) in [6.07, 6.45) is 2.17. The number of anilines is 1. The van der Waals surface area contributed by atoms with Crippen LogP contribution in [-0.2, 0) is 96.8 Å². The van der Waals surface area contributed by atoms with Gasteiger partial charge in [0.2, 0.25) is 17.7 Å². The number of carbonyl (C=O) groups is 8. The number of hydrogen-bond donors (Lipinski definition) is 6. The number of aliphatic carboxylic acids is 2. The van der Waals surface area contributed by atoms with Crippen molar-refractivity contribution in [2.24, 2.45) is 0 Å². The van der Waals surface area contributed by atoms with Crippen molar-refractivity contribution >= 4 is 53.1 Å². The zero-order valence-electron chi connectivity index (χ0n) is 43.4. The van der Waals surface area contributed by atoms with E-state index in [9.17, 15) is 38.4 Å². The van der Waals surface area contributed by atoms with E-state index >= 15 is 0 Å². The molecular weight excluding hydrogens is 1010 g/mol. The standard InChI is InChI=1S/C49H77N5O22/c1-2-38-3-4-39(54-45(58)6-7-46(54)59)35-40(38)48(62)52-37-44(57)51-36-43(56)50-10-12-66-14-16-68-18-20-70-22-24-72-26-28-74-30-32-76-34-33-75-31-29-73-27-25-71-23-21-69-19-17-67-15-13-65-11-9-42(55)53-41(49(63)64)5-8-47(60)61/h3-4,6-7,35,41H,2,5,8-34,36-37H2,1H3,(H,50,56)(H,51,57)(H,52,62)(H,53,55)(H,60,61)(H,63,64)/t41-/m0/s1. The van der Waals surface area contributed by atoms with Gasteiger partial charge in [-0.2, -0.15) is 0 Å². The van der Waals surface area contributed by atoms with E-state index in [1.807, 2.05) is 6.92 Å². The van der Waals surface area contributed by atoms with E-state index in [1.54, 1.807) is 12.1 Å². The summed E-state index contributed by atoms with van der Waals surface area (Å²) >= 11 is 0. The van der Waals surface area contributed by atoms with Crippen LogP contribution in [0.5, 0.6) is 0 Å². The van der Waals surface area contributed by atoms with E-state index in [0.29, 0.717) is 144 Å². The summed E-state index contributed by atoms with van der Waals surface area (Å²) in [5, 5.41) is 27.6. The number of imide groups is 1. The molecule has 2 rings (SSSR count). The van der Waals surface area contributed by atoms with Crippen molar-refractivity contribution in [3.8, 4) is 0 Å². The molecule has 0 saturated carbocycles. The van der Waals surface area contributed by atoms with Crippen molar-refractivity contribution in [1.82, 2.24) is 21.3 Å². The Kier molecular flexibility index (Phi) is 39.0. The first-order chi connectivity index (χ1) is 36.9. The maximum Gasteiger partial charge on any atom is 0.326 e. The van der Waals surface area contributed by atoms with Gasteiger partial charge < -0.3 is 88.3 Å². The lowest BCUT2D eigenvalue weighted by atomic mass is 10.0. The van der Waals surface area contributed by atoms with E-state index in [1.165, 1.54) is 6.07 Å². The molecule has 0 fully saturated rings. The average molecular weight is 1090 g/mol. The molecule has 6 amide bonds. The molecule has 0 aromatic heterocycles. The molecule has 1 aromatic rings. The molecular formula is C49H77N5O22. The van der Waals surface area contributed by atoms with Crippen molar-refractivity contribution in [2.45, 2.75) is 38.6 Å². The number of carboxylic acids is 2. The van der Waals surface area contributed by atoms with E-state index in [-0.39, 0.29) is 76.6 Å². The van der Waals surface area contributed by atoms with Gasteiger partial charge in [0.05, 0.1) is 177 Å². The molecule has 1 aliphatic heterocycles. The highest BCUT2D eigenvalue weighted by Crippen LogP contribution is 2.23. The number of nitrogens with zero attached hydrogens (tertiary/aromatic N) is 1. The zero-order valence-corrected chi connectivity index (χ0v) is 43.4. The Morgan fingerprint density at radius 1 is 0.487 bits per heavy atom. The number of carbonyl (C=O) groups excluding carboxylic acids is 6. The zero-order chi connectivity index (χ0) is 55.3. The van der Waals surface area contributed by atoms with Crippen LogP contribution in [0.4, 0.5) is 5.69 Å². The highest BCUT2D eigenvalue weighted by atomic mass is 16.6. The molecule has 6 N–H and O–H groups in total. The number of carboxylic acid groups (broad SMARTS) is 2. The molecule has 1 heterocycles. The lowest BCUT2D eigenvalue weighted by molar-refractivity contribution is -0.143. The van der Waals surface area contributed by atoms with E-state index in [0.717, 1.165) is 17.1 Å². The highest BCUT2D eigenvalue weighted by molar-refractivity contribution is 6.28. The Morgan fingerprint density at radius 2 is 0.868 bits per heavy atom. The third-order valence-corrected chi connectivity index (χ3v) is 10.1. The first-order valence-corrected chi connectivity index (χ1v) is 25.1. The van der Waals surface area contributed by atoms with Gasteiger partial charge in [0.15, 0.2) is 0 Å². The summed E-state index contributed by atoms with van der Waals surface area (Å²) in [5.41, 5.74) is 1.13. The van der Waals surface area contributed by atoms with Crippen LogP contribution < -0.4 is 26.2 Å². The number of hydrogen-bond acceptors (Lipinski definition) is 20. The van der Waals surface area contributed by atoms with Crippen LogP contribution in [0.1, 0.15) is 42.1 Å². The van der Waals surface area contributed by atoms with Crippen LogP contribution in [0, 0.1) is 0 Å². The Hall–Kier alpha value is -5.56. The minimum absolute atomic E-state index is 0.0617. The molecule has 0 bridgehead atoms. The third kappa shape index (κ3) is 34.2. The summed E-state index contributed by atoms with van der Waals surface area (Å²) in [4.78, 5) is 95.9. The molecule has 27 heteroatoms.